The summed E-state index contributed by atoms with van der Waals surface area (Å²) in [6.07, 6.45) is 0. The molecule has 0 bridgehead atoms. The highest BCUT2D eigenvalue weighted by molar-refractivity contribution is 7.99. The monoisotopic (exact) mass is 413 g/mol. The minimum Gasteiger partial charge on any atom is -0.336 e. The Morgan fingerprint density at radius 3 is 2.44 bits per heavy atom. The molecule has 2 aromatic rings. The highest BCUT2D eigenvalue weighted by atomic mass is 32.2. The predicted molar refractivity (Wildman–Crippen MR) is 98.4 cm³/mol. The second-order valence-electron chi connectivity index (χ2n) is 6.10. The summed E-state index contributed by atoms with van der Waals surface area (Å²) in [5.74, 6) is 6.23. The van der Waals surface area contributed by atoms with Crippen LogP contribution >= 0.6 is 11.8 Å². The molecule has 0 amide bonds. The van der Waals surface area contributed by atoms with Crippen molar-refractivity contribution in [2.24, 2.45) is 0 Å². The van der Waals surface area contributed by atoms with Crippen LogP contribution in [0.5, 0.6) is 0 Å². The standard InChI is InChI=1S/C14H19N7O4S2/c1-10-16-17-14(20(10)15)26-13-4-3-11(9-12(13)21(22)23)27(24,25)19-7-5-18(2)6-8-19/h3-4,9H,5-8,15H2,1-2H3. The van der Waals surface area contributed by atoms with Gasteiger partial charge in [-0.25, -0.2) is 13.1 Å². The van der Waals surface area contributed by atoms with E-state index in [1.807, 2.05) is 11.9 Å². The molecule has 0 atom stereocenters. The van der Waals surface area contributed by atoms with E-state index >= 15 is 0 Å². The summed E-state index contributed by atoms with van der Waals surface area (Å²) in [5, 5.41) is 19.4. The fourth-order valence-electron chi connectivity index (χ4n) is 2.58. The first-order valence-electron chi connectivity index (χ1n) is 8.02. The molecule has 0 spiro atoms. The number of nitro benzene ring substituents is 1. The minimum absolute atomic E-state index is 0.103. The Labute approximate surface area is 160 Å². The Kier molecular flexibility index (Phi) is 5.37. The molecule has 1 aromatic carbocycles. The van der Waals surface area contributed by atoms with Gasteiger partial charge in [0.15, 0.2) is 0 Å². The molecule has 2 heterocycles. The quantitative estimate of drug-likeness (QED) is 0.416. The van der Waals surface area contributed by atoms with E-state index in [1.165, 1.54) is 21.1 Å². The van der Waals surface area contributed by atoms with Crippen LogP contribution in [0.1, 0.15) is 5.82 Å². The van der Waals surface area contributed by atoms with Gasteiger partial charge in [0, 0.05) is 32.2 Å². The molecule has 3 rings (SSSR count). The van der Waals surface area contributed by atoms with Crippen LogP contribution in [0.4, 0.5) is 5.69 Å². The number of nitrogens with zero attached hydrogens (tertiary/aromatic N) is 6. The maximum Gasteiger partial charge on any atom is 0.284 e. The Balaban J connectivity index is 1.94. The number of piperazine rings is 1. The second-order valence-corrected chi connectivity index (χ2v) is 9.04. The smallest absolute Gasteiger partial charge is 0.284 e. The van der Waals surface area contributed by atoms with Crippen LogP contribution in [-0.4, -0.2) is 70.6 Å². The van der Waals surface area contributed by atoms with Gasteiger partial charge in [-0.05, 0) is 37.9 Å². The zero-order valence-electron chi connectivity index (χ0n) is 14.8. The number of likely N-dealkylation sites (N-methyl/N-ethyl adjacent to an activating group) is 1. The molecule has 0 unspecified atom stereocenters. The van der Waals surface area contributed by atoms with Gasteiger partial charge in [0.25, 0.3) is 5.69 Å². The molecule has 1 aliphatic rings. The van der Waals surface area contributed by atoms with Crippen LogP contribution in [0.3, 0.4) is 0 Å². The summed E-state index contributed by atoms with van der Waals surface area (Å²) < 4.78 is 28.2. The summed E-state index contributed by atoms with van der Waals surface area (Å²) in [4.78, 5) is 13.0. The topological polar surface area (TPSA) is 140 Å². The van der Waals surface area contributed by atoms with E-state index in [0.717, 1.165) is 17.8 Å². The van der Waals surface area contributed by atoms with Crippen LogP contribution in [0.2, 0.25) is 0 Å². The van der Waals surface area contributed by atoms with E-state index < -0.39 is 14.9 Å². The second kappa shape index (κ2) is 7.42. The number of nitrogens with two attached hydrogens (primary N) is 1. The number of aromatic nitrogens is 3. The van der Waals surface area contributed by atoms with E-state index in [-0.39, 0.29) is 20.6 Å². The van der Waals surface area contributed by atoms with E-state index in [2.05, 4.69) is 10.2 Å². The number of hydrogen-bond donors (Lipinski definition) is 1. The lowest BCUT2D eigenvalue weighted by atomic mass is 10.3. The number of nitro groups is 1. The molecule has 1 aliphatic heterocycles. The summed E-state index contributed by atoms with van der Waals surface area (Å²) in [6.45, 7) is 3.57. The van der Waals surface area contributed by atoms with Crippen molar-refractivity contribution in [2.75, 3.05) is 39.1 Å². The molecule has 27 heavy (non-hydrogen) atoms. The Bertz CT molecular complexity index is 968. The normalized spacial score (nSPS) is 16.5. The maximum atomic E-state index is 12.8. The number of rotatable bonds is 5. The number of benzene rings is 1. The first-order chi connectivity index (χ1) is 12.7. The first-order valence-corrected chi connectivity index (χ1v) is 10.3. The highest BCUT2D eigenvalue weighted by Gasteiger charge is 2.30. The van der Waals surface area contributed by atoms with Crippen LogP contribution < -0.4 is 5.84 Å². The highest BCUT2D eigenvalue weighted by Crippen LogP contribution is 2.35. The lowest BCUT2D eigenvalue weighted by molar-refractivity contribution is -0.388. The van der Waals surface area contributed by atoms with Gasteiger partial charge in [-0.1, -0.05) is 0 Å². The van der Waals surface area contributed by atoms with Gasteiger partial charge in [0.05, 0.1) is 14.7 Å². The van der Waals surface area contributed by atoms with Crippen LogP contribution in [0.25, 0.3) is 0 Å². The maximum absolute atomic E-state index is 12.8. The van der Waals surface area contributed by atoms with Crippen molar-refractivity contribution in [2.45, 2.75) is 21.9 Å². The molecule has 146 valence electrons. The predicted octanol–water partition coefficient (Wildman–Crippen LogP) is 0.296. The largest absolute Gasteiger partial charge is 0.336 e. The Morgan fingerprint density at radius 2 is 1.89 bits per heavy atom. The molecule has 0 radical (unpaired) electrons. The van der Waals surface area contributed by atoms with Gasteiger partial charge in [-0.15, -0.1) is 10.2 Å². The zero-order valence-corrected chi connectivity index (χ0v) is 16.4. The van der Waals surface area contributed by atoms with E-state index in [1.54, 1.807) is 6.92 Å². The third kappa shape index (κ3) is 3.90. The summed E-state index contributed by atoms with van der Waals surface area (Å²) in [6, 6.07) is 3.85. The molecule has 1 aromatic heterocycles. The number of hydrogen-bond acceptors (Lipinski definition) is 9. The van der Waals surface area contributed by atoms with E-state index in [4.69, 9.17) is 5.84 Å². The van der Waals surface area contributed by atoms with Gasteiger partial charge in [-0.3, -0.25) is 10.1 Å². The zero-order chi connectivity index (χ0) is 19.8. The molecule has 13 heteroatoms. The molecule has 11 nitrogen and oxygen atoms in total. The average molecular weight is 413 g/mol. The van der Waals surface area contributed by atoms with Gasteiger partial charge >= 0.3 is 0 Å². The van der Waals surface area contributed by atoms with E-state index in [9.17, 15) is 18.5 Å². The van der Waals surface area contributed by atoms with Crippen molar-refractivity contribution in [3.05, 3.63) is 34.1 Å². The van der Waals surface area contributed by atoms with E-state index in [0.29, 0.717) is 32.0 Å². The van der Waals surface area contributed by atoms with Crippen molar-refractivity contribution < 1.29 is 13.3 Å². The SMILES string of the molecule is Cc1nnc(Sc2ccc(S(=O)(=O)N3CCN(C)CC3)cc2[N+](=O)[O-])n1N. The number of aryl methyl sites for hydroxylation is 1. The summed E-state index contributed by atoms with van der Waals surface area (Å²) in [5.41, 5.74) is -0.323. The fraction of sp³-hybridized carbons (Fsp3) is 0.429. The van der Waals surface area contributed by atoms with Gasteiger partial charge in [0.2, 0.25) is 15.2 Å². The van der Waals surface area contributed by atoms with Crippen molar-refractivity contribution in [1.82, 2.24) is 24.1 Å². The van der Waals surface area contributed by atoms with Crippen molar-refractivity contribution >= 4 is 27.5 Å². The van der Waals surface area contributed by atoms with Gasteiger partial charge in [-0.2, -0.15) is 4.31 Å². The van der Waals surface area contributed by atoms with Crippen molar-refractivity contribution in [1.29, 1.82) is 0 Å². The number of sulfonamides is 1. The van der Waals surface area contributed by atoms with Crippen molar-refractivity contribution in [3.8, 4) is 0 Å². The van der Waals surface area contributed by atoms with Crippen LogP contribution in [-0.2, 0) is 10.0 Å². The lowest BCUT2D eigenvalue weighted by Crippen LogP contribution is -2.47. The van der Waals surface area contributed by atoms with Gasteiger partial charge in [0.1, 0.15) is 5.82 Å². The average Bonchev–Trinajstić information content (AvgIpc) is 2.94. The van der Waals surface area contributed by atoms with Crippen LogP contribution in [0, 0.1) is 17.0 Å². The number of nitrogen functional groups attached to an aromatic ring is 1. The molecule has 1 saturated heterocycles. The summed E-state index contributed by atoms with van der Waals surface area (Å²) in [7, 11) is -1.88. The van der Waals surface area contributed by atoms with Crippen LogP contribution in [0.15, 0.2) is 33.1 Å². The molecule has 0 saturated carbocycles. The molecule has 2 N–H and O–H groups in total. The van der Waals surface area contributed by atoms with Crippen molar-refractivity contribution in [3.63, 3.8) is 0 Å². The third-order valence-electron chi connectivity index (χ3n) is 4.26. The lowest BCUT2D eigenvalue weighted by Gasteiger charge is -2.31. The summed E-state index contributed by atoms with van der Waals surface area (Å²) >= 11 is 0.953. The minimum atomic E-state index is -3.80. The fourth-order valence-corrected chi connectivity index (χ4v) is 4.91. The molecular weight excluding hydrogens is 394 g/mol. The molecular formula is C14H19N7O4S2. The Hall–Kier alpha value is -2.22. The first kappa shape index (κ1) is 19.5. The molecule has 0 aliphatic carbocycles. The molecule has 1 fully saturated rings. The van der Waals surface area contributed by atoms with Gasteiger partial charge < -0.3 is 10.7 Å². The third-order valence-corrected chi connectivity index (χ3v) is 7.18. The Morgan fingerprint density at radius 1 is 1.22 bits per heavy atom.